The minimum Gasteiger partial charge on any atom is -0.367 e. The Balaban J connectivity index is 1.50. The molecule has 8 heteroatoms. The first-order valence-corrected chi connectivity index (χ1v) is 12.6. The van der Waals surface area contributed by atoms with Gasteiger partial charge >= 0.3 is 0 Å². The maximum absolute atomic E-state index is 13.3. The lowest BCUT2D eigenvalue weighted by molar-refractivity contribution is 0.0746. The molecule has 0 saturated carbocycles. The zero-order valence-electron chi connectivity index (χ0n) is 18.6. The molecule has 0 bridgehead atoms. The van der Waals surface area contributed by atoms with Crippen molar-refractivity contribution in [1.82, 2.24) is 4.90 Å². The lowest BCUT2D eigenvalue weighted by Crippen LogP contribution is -2.49. The largest absolute Gasteiger partial charge is 0.367 e. The van der Waals surface area contributed by atoms with Crippen LogP contribution in [0.1, 0.15) is 21.5 Å². The van der Waals surface area contributed by atoms with Gasteiger partial charge < -0.3 is 9.80 Å². The first-order valence-electron chi connectivity index (χ1n) is 10.7. The van der Waals surface area contributed by atoms with E-state index in [0.717, 1.165) is 16.8 Å². The molecule has 1 amide bonds. The van der Waals surface area contributed by atoms with E-state index < -0.39 is 10.0 Å². The van der Waals surface area contributed by atoms with Crippen molar-refractivity contribution < 1.29 is 13.2 Å². The molecule has 1 N–H and O–H groups in total. The smallest absolute Gasteiger partial charge is 0.261 e. The van der Waals surface area contributed by atoms with Gasteiger partial charge in [-0.15, -0.1) is 0 Å². The molecule has 1 fully saturated rings. The number of nitrogens with one attached hydrogen (secondary N) is 1. The van der Waals surface area contributed by atoms with E-state index in [2.05, 4.69) is 9.62 Å². The molecule has 0 aliphatic carbocycles. The van der Waals surface area contributed by atoms with Gasteiger partial charge in [-0.1, -0.05) is 47.5 Å². The van der Waals surface area contributed by atoms with Crippen molar-refractivity contribution in [3.8, 4) is 0 Å². The Kier molecular flexibility index (Phi) is 6.63. The van der Waals surface area contributed by atoms with E-state index in [9.17, 15) is 13.2 Å². The fourth-order valence-electron chi connectivity index (χ4n) is 3.86. The van der Waals surface area contributed by atoms with Crippen LogP contribution in [-0.2, 0) is 10.0 Å². The third-order valence-electron chi connectivity index (χ3n) is 5.81. The summed E-state index contributed by atoms with van der Waals surface area (Å²) in [6, 6.07) is 19.4. The molecule has 0 radical (unpaired) electrons. The van der Waals surface area contributed by atoms with Crippen LogP contribution in [0.3, 0.4) is 0 Å². The Hall–Kier alpha value is -3.03. The van der Waals surface area contributed by atoms with Crippen molar-refractivity contribution in [2.45, 2.75) is 18.7 Å². The van der Waals surface area contributed by atoms with Crippen molar-refractivity contribution in [2.75, 3.05) is 35.8 Å². The first kappa shape index (κ1) is 23.1. The van der Waals surface area contributed by atoms with Gasteiger partial charge in [0.1, 0.15) is 0 Å². The molecule has 172 valence electrons. The number of carbonyl (C=O) groups excluding carboxylic acids is 1. The number of nitrogens with zero attached hydrogens (tertiary/aromatic N) is 2. The summed E-state index contributed by atoms with van der Waals surface area (Å²) >= 11 is 6.31. The molecular formula is C25H26ClN3O3S. The van der Waals surface area contributed by atoms with Crippen LogP contribution in [0.2, 0.25) is 5.02 Å². The number of para-hydroxylation sites is 1. The first-order chi connectivity index (χ1) is 15.7. The van der Waals surface area contributed by atoms with Crippen LogP contribution in [0.15, 0.2) is 71.6 Å². The fraction of sp³-hybridized carbons (Fsp3) is 0.240. The predicted molar refractivity (Wildman–Crippen MR) is 133 cm³/mol. The van der Waals surface area contributed by atoms with Crippen molar-refractivity contribution in [1.29, 1.82) is 0 Å². The Morgan fingerprint density at radius 2 is 1.58 bits per heavy atom. The second kappa shape index (κ2) is 9.45. The number of sulfonamides is 1. The van der Waals surface area contributed by atoms with E-state index >= 15 is 0 Å². The normalized spacial score (nSPS) is 14.3. The summed E-state index contributed by atoms with van der Waals surface area (Å²) in [5.41, 5.74) is 3.61. The lowest BCUT2D eigenvalue weighted by atomic mass is 10.1. The summed E-state index contributed by atoms with van der Waals surface area (Å²) < 4.78 is 28.4. The molecular weight excluding hydrogens is 458 g/mol. The highest BCUT2D eigenvalue weighted by Crippen LogP contribution is 2.27. The summed E-state index contributed by atoms with van der Waals surface area (Å²) in [5.74, 6) is -0.168. The maximum atomic E-state index is 13.3. The Bertz CT molecular complexity index is 1270. The summed E-state index contributed by atoms with van der Waals surface area (Å²) in [7, 11) is -3.82. The third kappa shape index (κ3) is 5.15. The predicted octanol–water partition coefficient (Wildman–Crippen LogP) is 4.72. The number of carbonyl (C=O) groups is 1. The van der Waals surface area contributed by atoms with E-state index in [1.807, 2.05) is 50.2 Å². The number of aryl methyl sites for hydroxylation is 2. The number of hydrogen-bond acceptors (Lipinski definition) is 4. The van der Waals surface area contributed by atoms with Crippen LogP contribution in [0, 0.1) is 13.8 Å². The minimum absolute atomic E-state index is 0.0618. The topological polar surface area (TPSA) is 69.7 Å². The number of benzene rings is 3. The minimum atomic E-state index is -3.82. The Labute approximate surface area is 199 Å². The molecule has 0 atom stereocenters. The van der Waals surface area contributed by atoms with Gasteiger partial charge in [0.05, 0.1) is 15.6 Å². The quantitative estimate of drug-likeness (QED) is 0.570. The molecule has 0 spiro atoms. The van der Waals surface area contributed by atoms with Crippen LogP contribution >= 0.6 is 11.6 Å². The molecule has 0 aromatic heterocycles. The zero-order chi connectivity index (χ0) is 23.6. The van der Waals surface area contributed by atoms with E-state index in [1.165, 1.54) is 12.1 Å². The van der Waals surface area contributed by atoms with Crippen molar-refractivity contribution in [3.05, 3.63) is 88.4 Å². The highest BCUT2D eigenvalue weighted by molar-refractivity contribution is 7.92. The molecule has 6 nitrogen and oxygen atoms in total. The van der Waals surface area contributed by atoms with Crippen LogP contribution in [0.5, 0.6) is 0 Å². The van der Waals surface area contributed by atoms with Gasteiger partial charge in [0, 0.05) is 37.4 Å². The van der Waals surface area contributed by atoms with E-state index in [4.69, 9.17) is 11.6 Å². The average molecular weight is 484 g/mol. The van der Waals surface area contributed by atoms with Crippen LogP contribution in [0.25, 0.3) is 0 Å². The van der Waals surface area contributed by atoms with Crippen molar-refractivity contribution in [3.63, 3.8) is 0 Å². The second-order valence-corrected chi connectivity index (χ2v) is 10.3. The number of hydrogen-bond donors (Lipinski definition) is 1. The highest BCUT2D eigenvalue weighted by atomic mass is 35.5. The zero-order valence-corrected chi connectivity index (χ0v) is 20.2. The SMILES string of the molecule is Cc1ccc(NS(=O)(=O)c2ccc(C)c(C(=O)N3CCN(c4ccccc4Cl)CC3)c2)cc1. The molecule has 1 aliphatic heterocycles. The summed E-state index contributed by atoms with van der Waals surface area (Å²) in [5, 5.41) is 0.687. The molecule has 0 unspecified atom stereocenters. The van der Waals surface area contributed by atoms with E-state index in [1.54, 1.807) is 23.1 Å². The van der Waals surface area contributed by atoms with Crippen LogP contribution in [-0.4, -0.2) is 45.4 Å². The number of halogens is 1. The van der Waals surface area contributed by atoms with Crippen LogP contribution in [0.4, 0.5) is 11.4 Å². The molecule has 1 heterocycles. The Morgan fingerprint density at radius 1 is 0.909 bits per heavy atom. The molecule has 1 saturated heterocycles. The summed E-state index contributed by atoms with van der Waals surface area (Å²) in [6.45, 7) is 6.12. The third-order valence-corrected chi connectivity index (χ3v) is 7.51. The van der Waals surface area contributed by atoms with Gasteiger partial charge in [-0.25, -0.2) is 8.42 Å². The number of amides is 1. The van der Waals surface area contributed by atoms with Gasteiger partial charge in [-0.3, -0.25) is 9.52 Å². The van der Waals surface area contributed by atoms with Gasteiger partial charge in [0.2, 0.25) is 0 Å². The highest BCUT2D eigenvalue weighted by Gasteiger charge is 2.25. The standard InChI is InChI=1S/C25H26ClN3O3S/c1-18-7-10-20(11-8-18)27-33(31,32)21-12-9-19(2)22(17-21)25(30)29-15-13-28(14-16-29)24-6-4-3-5-23(24)26/h3-12,17,27H,13-16H2,1-2H3. The molecule has 33 heavy (non-hydrogen) atoms. The van der Waals surface area contributed by atoms with Gasteiger partial charge in [0.15, 0.2) is 0 Å². The Morgan fingerprint density at radius 3 is 2.24 bits per heavy atom. The molecule has 3 aromatic rings. The summed E-state index contributed by atoms with van der Waals surface area (Å²) in [6.07, 6.45) is 0. The lowest BCUT2D eigenvalue weighted by Gasteiger charge is -2.36. The fourth-order valence-corrected chi connectivity index (χ4v) is 5.20. The van der Waals surface area contributed by atoms with Crippen molar-refractivity contribution in [2.24, 2.45) is 0 Å². The molecule has 3 aromatic carbocycles. The van der Waals surface area contributed by atoms with E-state index in [-0.39, 0.29) is 10.8 Å². The van der Waals surface area contributed by atoms with E-state index in [0.29, 0.717) is 42.5 Å². The summed E-state index contributed by atoms with van der Waals surface area (Å²) in [4.78, 5) is 17.3. The van der Waals surface area contributed by atoms with Gasteiger partial charge in [0.25, 0.3) is 15.9 Å². The maximum Gasteiger partial charge on any atom is 0.261 e. The van der Waals surface area contributed by atoms with Gasteiger partial charge in [-0.2, -0.15) is 0 Å². The molecule has 4 rings (SSSR count). The molecule has 1 aliphatic rings. The number of rotatable bonds is 5. The monoisotopic (exact) mass is 483 g/mol. The number of piperazine rings is 1. The average Bonchev–Trinajstić information content (AvgIpc) is 2.81. The van der Waals surface area contributed by atoms with Gasteiger partial charge in [-0.05, 0) is 55.8 Å². The van der Waals surface area contributed by atoms with Crippen LogP contribution < -0.4 is 9.62 Å². The van der Waals surface area contributed by atoms with Crippen molar-refractivity contribution >= 4 is 38.9 Å². The number of anilines is 2. The second-order valence-electron chi connectivity index (χ2n) is 8.18.